The Bertz CT molecular complexity index is 812. The molecule has 1 amide bonds. The third-order valence-electron chi connectivity index (χ3n) is 4.09. The van der Waals surface area contributed by atoms with Crippen LogP contribution in [-0.4, -0.2) is 11.1 Å². The number of aryl methyl sites for hydroxylation is 1. The molecular weight excluding hydrogens is 320 g/mol. The lowest BCUT2D eigenvalue weighted by Gasteiger charge is -2.12. The number of carbonyl (C=O) groups is 1. The third-order valence-corrected chi connectivity index (χ3v) is 4.09. The second-order valence-electron chi connectivity index (χ2n) is 7.46. The minimum atomic E-state index is -0.630. The molecule has 0 spiro atoms. The molecule has 0 aromatic carbocycles. The fourth-order valence-electron chi connectivity index (χ4n) is 2.59. The molecule has 2 aromatic rings. The van der Waals surface area contributed by atoms with Gasteiger partial charge in [0.05, 0.1) is 0 Å². The van der Waals surface area contributed by atoms with Crippen molar-refractivity contribution < 1.29 is 13.7 Å². The van der Waals surface area contributed by atoms with Crippen LogP contribution in [0, 0.1) is 6.92 Å². The highest BCUT2D eigenvalue weighted by atomic mass is 16.5. The van der Waals surface area contributed by atoms with Crippen molar-refractivity contribution in [2.75, 3.05) is 5.32 Å². The Morgan fingerprint density at radius 3 is 2.52 bits per heavy atom. The number of hydrogen-bond donors (Lipinski definition) is 1. The number of nitrogens with one attached hydrogen (secondary N) is 1. The van der Waals surface area contributed by atoms with E-state index < -0.39 is 11.5 Å². The van der Waals surface area contributed by atoms with E-state index in [2.05, 4.69) is 17.4 Å². The molecule has 0 aliphatic carbocycles. The second-order valence-corrected chi connectivity index (χ2v) is 7.46. The highest BCUT2D eigenvalue weighted by Crippen LogP contribution is 2.25. The Hall–Kier alpha value is -2.37. The highest BCUT2D eigenvalue weighted by molar-refractivity contribution is 6.04. The smallest absolute Gasteiger partial charge is 0.349 e. The lowest BCUT2D eigenvalue weighted by atomic mass is 9.93. The van der Waals surface area contributed by atoms with Gasteiger partial charge in [-0.25, -0.2) is 4.79 Å². The van der Waals surface area contributed by atoms with E-state index in [1.54, 1.807) is 19.1 Å². The fraction of sp³-hybridized carbons (Fsp3) is 0.526. The van der Waals surface area contributed by atoms with Crippen molar-refractivity contribution in [3.8, 4) is 0 Å². The first-order valence-corrected chi connectivity index (χ1v) is 8.56. The Morgan fingerprint density at radius 1 is 1.32 bits per heavy atom. The summed E-state index contributed by atoms with van der Waals surface area (Å²) in [5.74, 6) is 1.12. The van der Waals surface area contributed by atoms with Gasteiger partial charge in [-0.3, -0.25) is 4.79 Å². The molecule has 1 unspecified atom stereocenters. The zero-order valence-electron chi connectivity index (χ0n) is 15.7. The Kier molecular flexibility index (Phi) is 5.50. The zero-order valence-corrected chi connectivity index (χ0v) is 15.7. The fourth-order valence-corrected chi connectivity index (χ4v) is 2.59. The predicted octanol–water partition coefficient (Wildman–Crippen LogP) is 4.39. The van der Waals surface area contributed by atoms with Gasteiger partial charge in [0.2, 0.25) is 0 Å². The van der Waals surface area contributed by atoms with E-state index in [-0.39, 0.29) is 22.7 Å². The molecule has 0 fully saturated rings. The van der Waals surface area contributed by atoms with Gasteiger partial charge in [-0.05, 0) is 25.0 Å². The standard InChI is InChI=1S/C19H26N2O4/c1-7-8-11(2)13-9-12(3)16(18(23)24-13)17(22)20-15-10-14(25-21-15)19(4,5)6/h9-11H,7-8H2,1-6H3,(H,20,21,22). The first-order valence-electron chi connectivity index (χ1n) is 8.56. The number of hydrogen-bond acceptors (Lipinski definition) is 5. The predicted molar refractivity (Wildman–Crippen MR) is 96.2 cm³/mol. The minimum absolute atomic E-state index is 0.00671. The molecule has 0 saturated heterocycles. The van der Waals surface area contributed by atoms with Crippen molar-refractivity contribution in [3.05, 3.63) is 45.2 Å². The van der Waals surface area contributed by atoms with Crippen LogP contribution in [0.2, 0.25) is 0 Å². The van der Waals surface area contributed by atoms with E-state index in [1.165, 1.54) is 0 Å². The Balaban J connectivity index is 2.25. The number of anilines is 1. The van der Waals surface area contributed by atoms with Gasteiger partial charge in [0, 0.05) is 17.4 Å². The molecule has 6 nitrogen and oxygen atoms in total. The summed E-state index contributed by atoms with van der Waals surface area (Å²) >= 11 is 0. The van der Waals surface area contributed by atoms with E-state index in [0.717, 1.165) is 12.8 Å². The van der Waals surface area contributed by atoms with Crippen molar-refractivity contribution >= 4 is 11.7 Å². The van der Waals surface area contributed by atoms with Crippen LogP contribution in [-0.2, 0) is 5.41 Å². The Labute approximate surface area is 147 Å². The van der Waals surface area contributed by atoms with Crippen LogP contribution in [0.5, 0.6) is 0 Å². The van der Waals surface area contributed by atoms with Gasteiger partial charge in [-0.2, -0.15) is 0 Å². The van der Waals surface area contributed by atoms with Crippen LogP contribution < -0.4 is 10.9 Å². The van der Waals surface area contributed by atoms with Gasteiger partial charge < -0.3 is 14.3 Å². The van der Waals surface area contributed by atoms with Gasteiger partial charge in [0.1, 0.15) is 17.1 Å². The van der Waals surface area contributed by atoms with Gasteiger partial charge >= 0.3 is 5.63 Å². The van der Waals surface area contributed by atoms with E-state index in [4.69, 9.17) is 8.94 Å². The van der Waals surface area contributed by atoms with Crippen molar-refractivity contribution in [1.82, 2.24) is 5.16 Å². The quantitative estimate of drug-likeness (QED) is 0.868. The highest BCUT2D eigenvalue weighted by Gasteiger charge is 2.23. The summed E-state index contributed by atoms with van der Waals surface area (Å²) in [6.45, 7) is 11.8. The van der Waals surface area contributed by atoms with E-state index in [9.17, 15) is 9.59 Å². The summed E-state index contributed by atoms with van der Waals surface area (Å²) in [4.78, 5) is 24.8. The summed E-state index contributed by atoms with van der Waals surface area (Å²) < 4.78 is 10.6. The minimum Gasteiger partial charge on any atom is -0.427 e. The monoisotopic (exact) mass is 346 g/mol. The maximum absolute atomic E-state index is 12.5. The molecule has 136 valence electrons. The zero-order chi connectivity index (χ0) is 18.8. The molecule has 6 heteroatoms. The summed E-state index contributed by atoms with van der Waals surface area (Å²) in [7, 11) is 0. The van der Waals surface area contributed by atoms with Gasteiger partial charge in [-0.15, -0.1) is 0 Å². The third kappa shape index (κ3) is 4.38. The van der Waals surface area contributed by atoms with Gasteiger partial charge in [0.25, 0.3) is 5.91 Å². The summed E-state index contributed by atoms with van der Waals surface area (Å²) in [6.07, 6.45) is 1.91. The average molecular weight is 346 g/mol. The average Bonchev–Trinajstić information content (AvgIpc) is 2.95. The molecule has 1 N–H and O–H groups in total. The molecule has 2 aromatic heterocycles. The number of nitrogens with zero attached hydrogens (tertiary/aromatic N) is 1. The lowest BCUT2D eigenvalue weighted by Crippen LogP contribution is -2.23. The summed E-state index contributed by atoms with van der Waals surface area (Å²) in [6, 6.07) is 3.42. The van der Waals surface area contributed by atoms with Crippen molar-refractivity contribution in [3.63, 3.8) is 0 Å². The second kappa shape index (κ2) is 7.25. The number of rotatable bonds is 5. The lowest BCUT2D eigenvalue weighted by molar-refractivity contribution is 0.102. The largest absolute Gasteiger partial charge is 0.427 e. The van der Waals surface area contributed by atoms with Crippen LogP contribution in [0.3, 0.4) is 0 Å². The van der Waals surface area contributed by atoms with Crippen LogP contribution in [0.25, 0.3) is 0 Å². The van der Waals surface area contributed by atoms with Crippen LogP contribution >= 0.6 is 0 Å². The van der Waals surface area contributed by atoms with Crippen molar-refractivity contribution in [1.29, 1.82) is 0 Å². The normalized spacial score (nSPS) is 12.9. The Morgan fingerprint density at radius 2 is 2.00 bits per heavy atom. The molecule has 2 heterocycles. The SMILES string of the molecule is CCCC(C)c1cc(C)c(C(=O)Nc2cc(C(C)(C)C)on2)c(=O)o1. The van der Waals surface area contributed by atoms with Crippen LogP contribution in [0.15, 0.2) is 25.9 Å². The van der Waals surface area contributed by atoms with Gasteiger partial charge in [-0.1, -0.05) is 46.2 Å². The number of amides is 1. The topological polar surface area (TPSA) is 85.3 Å². The molecule has 0 radical (unpaired) electrons. The van der Waals surface area contributed by atoms with Crippen molar-refractivity contribution in [2.24, 2.45) is 0 Å². The first-order chi connectivity index (χ1) is 11.6. The first kappa shape index (κ1) is 19.0. The van der Waals surface area contributed by atoms with Crippen molar-refractivity contribution in [2.45, 2.75) is 65.7 Å². The summed E-state index contributed by atoms with van der Waals surface area (Å²) in [5, 5.41) is 6.44. The van der Waals surface area contributed by atoms with E-state index in [0.29, 0.717) is 17.1 Å². The molecular formula is C19H26N2O4. The van der Waals surface area contributed by atoms with Gasteiger partial charge in [0.15, 0.2) is 5.82 Å². The van der Waals surface area contributed by atoms with Crippen LogP contribution in [0.1, 0.15) is 80.8 Å². The molecule has 1 atom stereocenters. The van der Waals surface area contributed by atoms with E-state index >= 15 is 0 Å². The summed E-state index contributed by atoms with van der Waals surface area (Å²) in [5.41, 5.74) is -0.267. The molecule has 0 aliphatic rings. The maximum atomic E-state index is 12.5. The van der Waals surface area contributed by atoms with E-state index in [1.807, 2.05) is 27.7 Å². The molecule has 2 rings (SSSR count). The maximum Gasteiger partial charge on any atom is 0.349 e. The molecule has 0 saturated carbocycles. The number of carbonyl (C=O) groups excluding carboxylic acids is 1. The van der Waals surface area contributed by atoms with Crippen LogP contribution in [0.4, 0.5) is 5.82 Å². The molecule has 0 aliphatic heterocycles. The molecule has 25 heavy (non-hydrogen) atoms. The molecule has 0 bridgehead atoms. The number of aromatic nitrogens is 1.